The number of halogens is 2. The Morgan fingerprint density at radius 2 is 2.00 bits per heavy atom. The maximum atomic E-state index is 4.47. The predicted molar refractivity (Wildman–Crippen MR) is 90.7 cm³/mol. The number of anilines is 3. The second-order valence-corrected chi connectivity index (χ2v) is 6.23. The third-order valence-corrected chi connectivity index (χ3v) is 3.62. The van der Waals surface area contributed by atoms with Gasteiger partial charge in [-0.15, -0.1) is 0 Å². The summed E-state index contributed by atoms with van der Waals surface area (Å²) in [4.78, 5) is 8.70. The molecule has 106 valence electrons. The fourth-order valence-corrected chi connectivity index (χ4v) is 2.62. The Morgan fingerprint density at radius 1 is 1.20 bits per heavy atom. The summed E-state index contributed by atoms with van der Waals surface area (Å²) >= 11 is 6.96. The minimum absolute atomic E-state index is 0.629. The van der Waals surface area contributed by atoms with Crippen LogP contribution in [-0.2, 0) is 0 Å². The van der Waals surface area contributed by atoms with E-state index in [-0.39, 0.29) is 0 Å². The number of hydrogen-bond acceptors (Lipinski definition) is 4. The Balaban J connectivity index is 2.23. The molecular formula is C14H16Br2N4. The molecule has 0 fully saturated rings. The van der Waals surface area contributed by atoms with Crippen molar-refractivity contribution >= 4 is 49.3 Å². The monoisotopic (exact) mass is 398 g/mol. The van der Waals surface area contributed by atoms with E-state index in [0.29, 0.717) is 5.95 Å². The maximum absolute atomic E-state index is 4.47. The lowest BCUT2D eigenvalue weighted by Crippen LogP contribution is -2.06. The van der Waals surface area contributed by atoms with Crippen LogP contribution in [-0.4, -0.2) is 16.5 Å². The lowest BCUT2D eigenvalue weighted by Gasteiger charge is -2.11. The van der Waals surface area contributed by atoms with E-state index >= 15 is 0 Å². The molecule has 0 unspecified atom stereocenters. The molecule has 0 saturated heterocycles. The zero-order valence-corrected chi connectivity index (χ0v) is 14.5. The zero-order valence-electron chi connectivity index (χ0n) is 11.4. The van der Waals surface area contributed by atoms with E-state index in [1.807, 2.05) is 6.07 Å². The molecule has 0 aliphatic carbocycles. The van der Waals surface area contributed by atoms with Gasteiger partial charge in [0.15, 0.2) is 0 Å². The second kappa shape index (κ2) is 7.04. The number of aryl methyl sites for hydroxylation is 1. The van der Waals surface area contributed by atoms with Crippen molar-refractivity contribution in [2.75, 3.05) is 17.2 Å². The summed E-state index contributed by atoms with van der Waals surface area (Å²) in [6.45, 7) is 5.02. The minimum atomic E-state index is 0.629. The van der Waals surface area contributed by atoms with Gasteiger partial charge >= 0.3 is 0 Å². The molecule has 2 rings (SSSR count). The van der Waals surface area contributed by atoms with Crippen molar-refractivity contribution in [2.45, 2.75) is 20.3 Å². The number of rotatable bonds is 5. The molecule has 0 saturated carbocycles. The van der Waals surface area contributed by atoms with Crippen LogP contribution in [0.3, 0.4) is 0 Å². The average Bonchev–Trinajstić information content (AvgIpc) is 2.38. The first kappa shape index (κ1) is 15.3. The van der Waals surface area contributed by atoms with Gasteiger partial charge in [-0.25, -0.2) is 4.98 Å². The maximum Gasteiger partial charge on any atom is 0.224 e. The molecule has 0 spiro atoms. The Hall–Kier alpha value is -1.14. The normalized spacial score (nSPS) is 10.4. The number of nitrogens with one attached hydrogen (secondary N) is 2. The van der Waals surface area contributed by atoms with E-state index in [1.165, 1.54) is 5.56 Å². The smallest absolute Gasteiger partial charge is 0.224 e. The molecule has 0 radical (unpaired) electrons. The van der Waals surface area contributed by atoms with E-state index in [0.717, 1.165) is 33.4 Å². The van der Waals surface area contributed by atoms with Crippen molar-refractivity contribution in [3.8, 4) is 0 Å². The zero-order chi connectivity index (χ0) is 14.5. The summed E-state index contributed by atoms with van der Waals surface area (Å²) in [7, 11) is 0. The van der Waals surface area contributed by atoms with Gasteiger partial charge in [0.25, 0.3) is 0 Å². The summed E-state index contributed by atoms with van der Waals surface area (Å²) < 4.78 is 1.87. The van der Waals surface area contributed by atoms with Gasteiger partial charge in [-0.05, 0) is 53.0 Å². The highest BCUT2D eigenvalue weighted by Gasteiger charge is 2.06. The third-order valence-electron chi connectivity index (χ3n) is 2.58. The summed E-state index contributed by atoms with van der Waals surface area (Å²) in [6.07, 6.45) is 2.78. The first-order valence-corrected chi connectivity index (χ1v) is 7.97. The van der Waals surface area contributed by atoms with E-state index in [4.69, 9.17) is 0 Å². The Labute approximate surface area is 135 Å². The highest BCUT2D eigenvalue weighted by Crippen LogP contribution is 2.26. The molecule has 1 aromatic heterocycles. The van der Waals surface area contributed by atoms with Crippen LogP contribution >= 0.6 is 31.9 Å². The lowest BCUT2D eigenvalue weighted by atomic mass is 10.2. The first-order valence-electron chi connectivity index (χ1n) is 6.39. The molecule has 0 atom stereocenters. The molecule has 1 aromatic carbocycles. The molecule has 1 heterocycles. The molecule has 4 nitrogen and oxygen atoms in total. The highest BCUT2D eigenvalue weighted by atomic mass is 79.9. The average molecular weight is 400 g/mol. The van der Waals surface area contributed by atoms with Gasteiger partial charge in [0.2, 0.25) is 5.95 Å². The van der Waals surface area contributed by atoms with Crippen LogP contribution < -0.4 is 10.6 Å². The van der Waals surface area contributed by atoms with Crippen molar-refractivity contribution in [1.82, 2.24) is 9.97 Å². The van der Waals surface area contributed by atoms with Gasteiger partial charge in [0.05, 0.1) is 4.47 Å². The van der Waals surface area contributed by atoms with Crippen LogP contribution in [0, 0.1) is 6.92 Å². The number of nitrogens with zero attached hydrogens (tertiary/aromatic N) is 2. The lowest BCUT2D eigenvalue weighted by molar-refractivity contribution is 0.952. The fourth-order valence-electron chi connectivity index (χ4n) is 1.72. The summed E-state index contributed by atoms with van der Waals surface area (Å²) in [5, 5.41) is 6.48. The van der Waals surface area contributed by atoms with E-state index in [2.05, 4.69) is 78.4 Å². The summed E-state index contributed by atoms with van der Waals surface area (Å²) in [5.41, 5.74) is 2.16. The van der Waals surface area contributed by atoms with Crippen molar-refractivity contribution in [3.63, 3.8) is 0 Å². The SMILES string of the molecule is CCCNc1ncc(Br)c(Nc2cc(C)cc(Br)c2)n1. The molecule has 6 heteroatoms. The van der Waals surface area contributed by atoms with E-state index in [9.17, 15) is 0 Å². The standard InChI is InChI=1S/C14H16Br2N4/c1-3-4-17-14-18-8-12(16)13(20-14)19-11-6-9(2)5-10(15)7-11/h5-8H,3-4H2,1-2H3,(H2,17,18,19,20). The van der Waals surface area contributed by atoms with Crippen LogP contribution in [0.1, 0.15) is 18.9 Å². The van der Waals surface area contributed by atoms with Crippen molar-refractivity contribution in [2.24, 2.45) is 0 Å². The Bertz CT molecular complexity index is 581. The van der Waals surface area contributed by atoms with Crippen LogP contribution in [0.5, 0.6) is 0 Å². The topological polar surface area (TPSA) is 49.8 Å². The van der Waals surface area contributed by atoms with Crippen LogP contribution in [0.15, 0.2) is 33.3 Å². The second-order valence-electron chi connectivity index (χ2n) is 4.46. The minimum Gasteiger partial charge on any atom is -0.354 e. The fraction of sp³-hybridized carbons (Fsp3) is 0.286. The number of aromatic nitrogens is 2. The molecule has 0 aliphatic rings. The largest absolute Gasteiger partial charge is 0.354 e. The molecule has 0 bridgehead atoms. The van der Waals surface area contributed by atoms with Crippen LogP contribution in [0.2, 0.25) is 0 Å². The van der Waals surface area contributed by atoms with E-state index < -0.39 is 0 Å². The molecule has 20 heavy (non-hydrogen) atoms. The summed E-state index contributed by atoms with van der Waals surface area (Å²) in [5.74, 6) is 1.38. The van der Waals surface area contributed by atoms with Gasteiger partial charge < -0.3 is 10.6 Å². The van der Waals surface area contributed by atoms with E-state index in [1.54, 1.807) is 6.20 Å². The van der Waals surface area contributed by atoms with Gasteiger partial charge in [-0.3, -0.25) is 0 Å². The third kappa shape index (κ3) is 4.18. The number of benzene rings is 1. The Kier molecular flexibility index (Phi) is 5.37. The van der Waals surface area contributed by atoms with Crippen LogP contribution in [0.25, 0.3) is 0 Å². The highest BCUT2D eigenvalue weighted by molar-refractivity contribution is 9.10. The molecule has 0 amide bonds. The molecule has 2 N–H and O–H groups in total. The van der Waals surface area contributed by atoms with Gasteiger partial charge in [-0.2, -0.15) is 4.98 Å². The van der Waals surface area contributed by atoms with Crippen molar-refractivity contribution < 1.29 is 0 Å². The van der Waals surface area contributed by atoms with Gasteiger partial charge in [-0.1, -0.05) is 22.9 Å². The Morgan fingerprint density at radius 3 is 2.70 bits per heavy atom. The quantitative estimate of drug-likeness (QED) is 0.752. The van der Waals surface area contributed by atoms with Gasteiger partial charge in [0, 0.05) is 22.9 Å². The predicted octanol–water partition coefficient (Wildman–Crippen LogP) is 4.88. The van der Waals surface area contributed by atoms with Crippen molar-refractivity contribution in [3.05, 3.63) is 38.9 Å². The van der Waals surface area contributed by atoms with Gasteiger partial charge in [0.1, 0.15) is 5.82 Å². The first-order chi connectivity index (χ1) is 9.58. The molecular weight excluding hydrogens is 384 g/mol. The van der Waals surface area contributed by atoms with Crippen LogP contribution in [0.4, 0.5) is 17.5 Å². The summed E-state index contributed by atoms with van der Waals surface area (Å²) in [6, 6.07) is 6.15. The molecule has 2 aromatic rings. The van der Waals surface area contributed by atoms with Crippen molar-refractivity contribution in [1.29, 1.82) is 0 Å². The molecule has 0 aliphatic heterocycles. The number of hydrogen-bond donors (Lipinski definition) is 2.